The summed E-state index contributed by atoms with van der Waals surface area (Å²) in [5.41, 5.74) is -0.324. The first kappa shape index (κ1) is 51.5. The second-order valence-corrected chi connectivity index (χ2v) is 17.8. The molecule has 15 heteroatoms. The van der Waals surface area contributed by atoms with Gasteiger partial charge in [0.15, 0.2) is 11.6 Å². The Bertz CT molecular complexity index is 3450. The number of halogens is 12. The first-order valence-electron chi connectivity index (χ1n) is 23.3. The van der Waals surface area contributed by atoms with Crippen LogP contribution in [0.3, 0.4) is 0 Å². The van der Waals surface area contributed by atoms with Gasteiger partial charge in [-0.2, -0.15) is 52.7 Å². The van der Waals surface area contributed by atoms with Crippen LogP contribution >= 0.6 is 0 Å². The molecule has 0 heterocycles. The van der Waals surface area contributed by atoms with Gasteiger partial charge in [0.2, 0.25) is 0 Å². The van der Waals surface area contributed by atoms with Crippen molar-refractivity contribution in [2.45, 2.75) is 24.7 Å². The van der Waals surface area contributed by atoms with Crippen LogP contribution in [-0.4, -0.2) is 11.6 Å². The zero-order valence-electron chi connectivity index (χ0n) is 39.4. The first-order chi connectivity index (χ1) is 36.6. The van der Waals surface area contributed by atoms with Crippen molar-refractivity contribution in [2.24, 2.45) is 0 Å². The summed E-state index contributed by atoms with van der Waals surface area (Å²) in [6.07, 6.45) is -18.8. The van der Waals surface area contributed by atoms with Crippen LogP contribution in [0.1, 0.15) is 66.8 Å². The minimum Gasteiger partial charge on any atom is -0.457 e. The lowest BCUT2D eigenvalue weighted by Gasteiger charge is -2.16. The molecule has 0 bridgehead atoms. The van der Waals surface area contributed by atoms with Gasteiger partial charge in [-0.05, 0) is 117 Å². The molecule has 384 valence electrons. The number of benzene rings is 8. The van der Waals surface area contributed by atoms with Crippen molar-refractivity contribution in [1.82, 2.24) is 0 Å². The van der Waals surface area contributed by atoms with Gasteiger partial charge in [-0.1, -0.05) is 133 Å². The molecule has 0 aliphatic heterocycles. The van der Waals surface area contributed by atoms with E-state index in [1.54, 1.807) is 109 Å². The number of ketones is 2. The van der Waals surface area contributed by atoms with E-state index < -0.39 is 58.5 Å². The van der Waals surface area contributed by atoms with E-state index in [2.05, 4.69) is 0 Å². The summed E-state index contributed by atoms with van der Waals surface area (Å²) in [5, 5.41) is 0. The summed E-state index contributed by atoms with van der Waals surface area (Å²) in [6.45, 7) is 0. The van der Waals surface area contributed by atoms with Crippen LogP contribution in [0.2, 0.25) is 0 Å². The Morgan fingerprint density at radius 2 is 0.403 bits per heavy atom. The minimum atomic E-state index is -4.69. The summed E-state index contributed by atoms with van der Waals surface area (Å²) in [4.78, 5) is 29.6. The number of ether oxygens (including phenoxy) is 1. The van der Waals surface area contributed by atoms with Crippen molar-refractivity contribution in [3.63, 3.8) is 0 Å². The molecule has 0 aromatic heterocycles. The lowest BCUT2D eigenvalue weighted by Crippen LogP contribution is -2.07. The second kappa shape index (κ2) is 19.6. The largest absolute Gasteiger partial charge is 0.457 e. The van der Waals surface area contributed by atoms with Gasteiger partial charge < -0.3 is 4.74 Å². The Kier molecular flexibility index (Phi) is 13.1. The maximum absolute atomic E-state index is 14.8. The molecule has 2 aliphatic carbocycles. The molecule has 8 aromatic carbocycles. The highest BCUT2D eigenvalue weighted by Gasteiger charge is 2.40. The molecule has 0 atom stereocenters. The zero-order valence-corrected chi connectivity index (χ0v) is 39.4. The Hall–Kier alpha value is -8.98. The van der Waals surface area contributed by atoms with Crippen molar-refractivity contribution >= 4 is 56.2 Å². The fourth-order valence-electron chi connectivity index (χ4n) is 9.49. The molecule has 3 nitrogen and oxygen atoms in total. The molecule has 0 unspecified atom stereocenters. The van der Waals surface area contributed by atoms with Crippen LogP contribution in [0.4, 0.5) is 52.7 Å². The van der Waals surface area contributed by atoms with Crippen LogP contribution in [0, 0.1) is 0 Å². The van der Waals surface area contributed by atoms with Crippen molar-refractivity contribution < 1.29 is 67.0 Å². The fraction of sp³-hybridized carbons (Fsp3) is 0.0645. The molecular weight excluding hydrogens is 1020 g/mol. The van der Waals surface area contributed by atoms with E-state index in [-0.39, 0.29) is 67.2 Å². The van der Waals surface area contributed by atoms with Crippen LogP contribution in [0.15, 0.2) is 206 Å². The highest BCUT2D eigenvalue weighted by Crippen LogP contribution is 2.53. The lowest BCUT2D eigenvalue weighted by atomic mass is 9.89. The number of alkyl halides is 12. The van der Waals surface area contributed by atoms with Crippen molar-refractivity contribution in [1.29, 1.82) is 0 Å². The first-order valence-corrected chi connectivity index (χ1v) is 23.3. The number of hydrogen-bond acceptors (Lipinski definition) is 3. The standard InChI is InChI=1S/C62H34F12O3/c63-59(64,65)43-23-11-39(12-24-43)53-49(35-7-3-1-4-8-35)51(55(57(53)75)41-15-27-45(28-16-41)61(69,70)71)37-19-31-47(32-20-37)77-48-33-21-38(22-34-48)52-50(36-9-5-2-6-10-36)54(40-13-25-44(26-14-40)60(66,67)68)58(76)56(52)42-17-29-46(30-18-42)62(72,73)74/h1-34H. The van der Waals surface area contributed by atoms with Gasteiger partial charge in [-0.3, -0.25) is 9.59 Å². The van der Waals surface area contributed by atoms with E-state index in [1.165, 1.54) is 24.3 Å². The van der Waals surface area contributed by atoms with E-state index in [0.717, 1.165) is 72.8 Å². The highest BCUT2D eigenvalue weighted by atomic mass is 19.4. The van der Waals surface area contributed by atoms with E-state index in [4.69, 9.17) is 4.74 Å². The monoisotopic (exact) mass is 1050 g/mol. The maximum atomic E-state index is 14.8. The number of rotatable bonds is 10. The van der Waals surface area contributed by atoms with Gasteiger partial charge in [-0.25, -0.2) is 0 Å². The van der Waals surface area contributed by atoms with E-state index in [1.807, 2.05) is 0 Å². The molecule has 10 rings (SSSR count). The van der Waals surface area contributed by atoms with E-state index >= 15 is 0 Å². The van der Waals surface area contributed by atoms with Crippen LogP contribution in [0.5, 0.6) is 11.5 Å². The normalized spacial score (nSPS) is 14.6. The summed E-state index contributed by atoms with van der Waals surface area (Å²) in [7, 11) is 0. The van der Waals surface area contributed by atoms with Gasteiger partial charge in [-0.15, -0.1) is 0 Å². The van der Waals surface area contributed by atoms with Crippen molar-refractivity contribution in [2.75, 3.05) is 0 Å². The summed E-state index contributed by atoms with van der Waals surface area (Å²) >= 11 is 0. The molecule has 0 saturated carbocycles. The molecule has 77 heavy (non-hydrogen) atoms. The van der Waals surface area contributed by atoms with Crippen LogP contribution < -0.4 is 4.74 Å². The third-order valence-electron chi connectivity index (χ3n) is 13.1. The molecule has 2 aliphatic rings. The average molecular weight is 1050 g/mol. The number of carbonyl (C=O) groups excluding carboxylic acids is 2. The average Bonchev–Trinajstić information content (AvgIpc) is 3.97. The molecule has 0 spiro atoms. The number of allylic oxidation sites excluding steroid dienone is 8. The minimum absolute atomic E-state index is 0.00232. The second-order valence-electron chi connectivity index (χ2n) is 17.8. The maximum Gasteiger partial charge on any atom is 0.416 e. The van der Waals surface area contributed by atoms with Crippen molar-refractivity contribution in [3.8, 4) is 11.5 Å². The van der Waals surface area contributed by atoms with Gasteiger partial charge in [0.25, 0.3) is 0 Å². The Balaban J connectivity index is 1.05. The quantitative estimate of drug-likeness (QED) is 0.128. The summed E-state index contributed by atoms with van der Waals surface area (Å²) in [5.74, 6) is -0.774. The zero-order chi connectivity index (χ0) is 54.6. The Morgan fingerprint density at radius 1 is 0.221 bits per heavy atom. The molecule has 0 radical (unpaired) electrons. The van der Waals surface area contributed by atoms with E-state index in [9.17, 15) is 62.3 Å². The highest BCUT2D eigenvalue weighted by molar-refractivity contribution is 6.60. The van der Waals surface area contributed by atoms with Crippen LogP contribution in [0.25, 0.3) is 44.6 Å². The van der Waals surface area contributed by atoms with Gasteiger partial charge >= 0.3 is 24.7 Å². The Labute approximate surface area is 431 Å². The predicted molar refractivity (Wildman–Crippen MR) is 269 cm³/mol. The number of hydrogen-bond donors (Lipinski definition) is 0. The Morgan fingerprint density at radius 3 is 0.610 bits per heavy atom. The molecule has 0 amide bonds. The van der Waals surface area contributed by atoms with Crippen molar-refractivity contribution in [3.05, 3.63) is 273 Å². The topological polar surface area (TPSA) is 43.4 Å². The number of carbonyl (C=O) groups is 2. The number of Topliss-reactive ketones (excluding diaryl/α,β-unsaturated/α-hetero) is 2. The third-order valence-corrected chi connectivity index (χ3v) is 13.1. The molecule has 8 aromatic rings. The fourth-order valence-corrected chi connectivity index (χ4v) is 9.49. The molecule has 0 fully saturated rings. The summed E-state index contributed by atoms with van der Waals surface area (Å²) in [6, 6.07) is 45.7. The molecular formula is C62H34F12O3. The smallest absolute Gasteiger partial charge is 0.416 e. The third kappa shape index (κ3) is 10.2. The predicted octanol–water partition coefficient (Wildman–Crippen LogP) is 17.8. The SMILES string of the molecule is O=C1C(c2ccc(C(F)(F)F)cc2)=C(c2ccccc2)C(c2ccc(Oc3ccc(C4=C(c5ccc(C(F)(F)F)cc5)C(=O)C(c5ccc(C(F)(F)F)cc5)=C4c4ccccc4)cc3)cc2)=C1c1ccc(C(F)(F)F)cc1. The van der Waals surface area contributed by atoms with Gasteiger partial charge in [0.1, 0.15) is 11.5 Å². The summed E-state index contributed by atoms with van der Waals surface area (Å²) < 4.78 is 171. The molecule has 0 N–H and O–H groups in total. The lowest BCUT2D eigenvalue weighted by molar-refractivity contribution is -0.138. The van der Waals surface area contributed by atoms with E-state index in [0.29, 0.717) is 33.4 Å². The molecule has 0 saturated heterocycles. The van der Waals surface area contributed by atoms with Crippen LogP contribution in [-0.2, 0) is 34.3 Å². The van der Waals surface area contributed by atoms with Gasteiger partial charge in [0, 0.05) is 44.6 Å². The van der Waals surface area contributed by atoms with Gasteiger partial charge in [0.05, 0.1) is 22.3 Å².